The maximum atomic E-state index is 9.45. The average Bonchev–Trinajstić information content (AvgIpc) is 3.50. The highest BCUT2D eigenvalue weighted by Crippen LogP contribution is 2.51. The van der Waals surface area contributed by atoms with Crippen molar-refractivity contribution in [1.82, 2.24) is 15.0 Å². The smallest absolute Gasteiger partial charge is 0.164 e. The van der Waals surface area contributed by atoms with Crippen LogP contribution in [0.3, 0.4) is 0 Å². The summed E-state index contributed by atoms with van der Waals surface area (Å²) in [6.45, 7) is 4.16. The van der Waals surface area contributed by atoms with Crippen LogP contribution in [-0.4, -0.2) is 15.0 Å². The van der Waals surface area contributed by atoms with E-state index in [9.17, 15) is 5.26 Å². The van der Waals surface area contributed by atoms with Gasteiger partial charge in [0.2, 0.25) is 0 Å². The van der Waals surface area contributed by atoms with Gasteiger partial charge in [-0.2, -0.15) is 5.26 Å². The minimum atomic E-state index is 0.631. The molecule has 0 atom stereocenters. The summed E-state index contributed by atoms with van der Waals surface area (Å²) >= 11 is 0. The highest BCUT2D eigenvalue weighted by molar-refractivity contribution is 6.22. The molecular weight excluding hydrogens is 609 g/mol. The highest BCUT2D eigenvalue weighted by Gasteiger charge is 2.25. The lowest BCUT2D eigenvalue weighted by Crippen LogP contribution is -2.00. The minimum absolute atomic E-state index is 0.631. The fourth-order valence-electron chi connectivity index (χ4n) is 7.07. The average molecular weight is 639 g/mol. The van der Waals surface area contributed by atoms with Gasteiger partial charge in [0.15, 0.2) is 17.5 Å². The number of rotatable bonds is 5. The minimum Gasteiger partial charge on any atom is -0.208 e. The third-order valence-electron chi connectivity index (χ3n) is 9.70. The molecular formula is C46H30N4. The normalized spacial score (nSPS) is 11.4. The van der Waals surface area contributed by atoms with E-state index in [0.717, 1.165) is 38.9 Å². The van der Waals surface area contributed by atoms with Gasteiger partial charge in [-0.3, -0.25) is 0 Å². The van der Waals surface area contributed by atoms with Crippen LogP contribution >= 0.6 is 0 Å². The Morgan fingerprint density at radius 3 is 1.12 bits per heavy atom. The molecule has 0 radical (unpaired) electrons. The Kier molecular flexibility index (Phi) is 6.93. The number of hydrogen-bond acceptors (Lipinski definition) is 4. The van der Waals surface area contributed by atoms with Gasteiger partial charge in [-0.05, 0) is 81.3 Å². The lowest BCUT2D eigenvalue weighted by Gasteiger charge is -2.15. The van der Waals surface area contributed by atoms with Gasteiger partial charge in [0.1, 0.15) is 0 Å². The zero-order chi connectivity index (χ0) is 33.8. The van der Waals surface area contributed by atoms with E-state index in [2.05, 4.69) is 153 Å². The zero-order valence-corrected chi connectivity index (χ0v) is 27.6. The summed E-state index contributed by atoms with van der Waals surface area (Å²) in [5, 5.41) is 11.9. The number of aryl methyl sites for hydroxylation is 2. The molecule has 0 bridgehead atoms. The first kappa shape index (κ1) is 29.4. The quantitative estimate of drug-likeness (QED) is 0.188. The molecule has 9 rings (SSSR count). The van der Waals surface area contributed by atoms with E-state index in [1.54, 1.807) is 0 Å². The van der Waals surface area contributed by atoms with Crippen molar-refractivity contribution in [3.8, 4) is 84.7 Å². The molecule has 50 heavy (non-hydrogen) atoms. The van der Waals surface area contributed by atoms with Crippen LogP contribution in [0.25, 0.3) is 89.4 Å². The highest BCUT2D eigenvalue weighted by atomic mass is 15.0. The Hall–Kier alpha value is -6.70. The molecule has 0 unspecified atom stereocenters. The van der Waals surface area contributed by atoms with Gasteiger partial charge < -0.3 is 0 Å². The Bertz CT molecular complexity index is 2540. The summed E-state index contributed by atoms with van der Waals surface area (Å²) in [6.07, 6.45) is 0. The molecule has 0 N–H and O–H groups in total. The Labute approximate surface area is 291 Å². The van der Waals surface area contributed by atoms with Crippen molar-refractivity contribution in [2.24, 2.45) is 0 Å². The second kappa shape index (κ2) is 11.8. The van der Waals surface area contributed by atoms with Crippen LogP contribution < -0.4 is 0 Å². The van der Waals surface area contributed by atoms with Crippen molar-refractivity contribution in [2.75, 3.05) is 0 Å². The third-order valence-corrected chi connectivity index (χ3v) is 9.70. The molecule has 0 aliphatic heterocycles. The van der Waals surface area contributed by atoms with E-state index in [0.29, 0.717) is 23.0 Å². The Balaban J connectivity index is 1.20. The molecule has 0 saturated carbocycles. The summed E-state index contributed by atoms with van der Waals surface area (Å²) in [5.74, 6) is 1.93. The number of benzene rings is 7. The molecule has 1 aromatic heterocycles. The van der Waals surface area contributed by atoms with Crippen LogP contribution in [0.1, 0.15) is 16.7 Å². The molecule has 0 saturated heterocycles. The van der Waals surface area contributed by atoms with Gasteiger partial charge in [0.25, 0.3) is 0 Å². The number of nitriles is 1. The molecule has 4 heteroatoms. The zero-order valence-electron chi connectivity index (χ0n) is 27.6. The first-order valence-corrected chi connectivity index (χ1v) is 16.7. The van der Waals surface area contributed by atoms with E-state index in [1.165, 1.54) is 44.2 Å². The predicted octanol–water partition coefficient (Wildman–Crippen LogP) is 11.5. The molecule has 7 aromatic carbocycles. The summed E-state index contributed by atoms with van der Waals surface area (Å²) in [6, 6.07) is 53.0. The van der Waals surface area contributed by atoms with E-state index in [4.69, 9.17) is 15.0 Å². The lowest BCUT2D eigenvalue weighted by molar-refractivity contribution is 1.07. The van der Waals surface area contributed by atoms with Crippen molar-refractivity contribution < 1.29 is 0 Å². The SMILES string of the molecule is Cc1ccc(-c2nc(-c3ccc(C)cc3)nc(-c3ccc(-c4ccc5c6c(ccc(-c7ccc(C#N)cc7)c46)-c4ccccc4-5)cc3)n2)cc1. The largest absolute Gasteiger partial charge is 0.208 e. The molecule has 234 valence electrons. The topological polar surface area (TPSA) is 62.5 Å². The second-order valence-corrected chi connectivity index (χ2v) is 12.9. The molecule has 8 aromatic rings. The summed E-state index contributed by atoms with van der Waals surface area (Å²) in [4.78, 5) is 14.9. The van der Waals surface area contributed by atoms with Gasteiger partial charge >= 0.3 is 0 Å². The monoisotopic (exact) mass is 638 g/mol. The molecule has 1 aliphatic carbocycles. The fraction of sp³-hybridized carbons (Fsp3) is 0.0435. The molecule has 0 amide bonds. The summed E-state index contributed by atoms with van der Waals surface area (Å²) < 4.78 is 0. The number of aromatic nitrogens is 3. The Morgan fingerprint density at radius 2 is 0.700 bits per heavy atom. The van der Waals surface area contributed by atoms with Crippen molar-refractivity contribution in [1.29, 1.82) is 5.26 Å². The van der Waals surface area contributed by atoms with Crippen LogP contribution in [0.5, 0.6) is 0 Å². The van der Waals surface area contributed by atoms with E-state index in [1.807, 2.05) is 12.1 Å². The van der Waals surface area contributed by atoms with Crippen LogP contribution in [0, 0.1) is 25.2 Å². The van der Waals surface area contributed by atoms with Crippen LogP contribution in [0.15, 0.2) is 146 Å². The van der Waals surface area contributed by atoms with Gasteiger partial charge in [-0.15, -0.1) is 0 Å². The molecule has 1 heterocycles. The molecule has 4 nitrogen and oxygen atoms in total. The molecule has 0 fully saturated rings. The van der Waals surface area contributed by atoms with E-state index >= 15 is 0 Å². The first-order chi connectivity index (χ1) is 24.5. The first-order valence-electron chi connectivity index (χ1n) is 16.7. The fourth-order valence-corrected chi connectivity index (χ4v) is 7.07. The standard InChI is InChI=1S/C46H30N4/c1-28-7-13-33(14-8-28)44-48-45(34-15-9-29(2)10-16-34)50-46(49-44)35-21-19-32(20-22-35)37-24-26-41-39-6-4-3-5-38(39)40-25-23-36(42(37)43(40)41)31-17-11-30(27-47)12-18-31/h3-26H,1-2H3. The summed E-state index contributed by atoms with van der Waals surface area (Å²) in [5.41, 5.74) is 15.4. The van der Waals surface area contributed by atoms with Crippen molar-refractivity contribution in [3.63, 3.8) is 0 Å². The maximum absolute atomic E-state index is 9.45. The second-order valence-electron chi connectivity index (χ2n) is 12.9. The number of fused-ring (bicyclic) bond motifs is 3. The predicted molar refractivity (Wildman–Crippen MR) is 203 cm³/mol. The van der Waals surface area contributed by atoms with Gasteiger partial charge in [-0.1, -0.05) is 145 Å². The number of hydrogen-bond donors (Lipinski definition) is 0. The third kappa shape index (κ3) is 4.96. The maximum Gasteiger partial charge on any atom is 0.164 e. The van der Waals surface area contributed by atoms with Crippen molar-refractivity contribution >= 4 is 10.8 Å². The summed E-state index contributed by atoms with van der Waals surface area (Å²) in [7, 11) is 0. The number of nitrogens with zero attached hydrogens (tertiary/aromatic N) is 4. The van der Waals surface area contributed by atoms with Gasteiger partial charge in [-0.25, -0.2) is 15.0 Å². The lowest BCUT2D eigenvalue weighted by atomic mass is 9.88. The van der Waals surface area contributed by atoms with Crippen molar-refractivity contribution in [3.05, 3.63) is 162 Å². The molecule has 0 spiro atoms. The van der Waals surface area contributed by atoms with Gasteiger partial charge in [0, 0.05) is 16.7 Å². The molecule has 1 aliphatic rings. The van der Waals surface area contributed by atoms with E-state index in [-0.39, 0.29) is 0 Å². The van der Waals surface area contributed by atoms with Crippen LogP contribution in [-0.2, 0) is 0 Å². The van der Waals surface area contributed by atoms with Gasteiger partial charge in [0.05, 0.1) is 11.6 Å². The van der Waals surface area contributed by atoms with E-state index < -0.39 is 0 Å². The van der Waals surface area contributed by atoms with Crippen LogP contribution in [0.2, 0.25) is 0 Å². The Morgan fingerprint density at radius 1 is 0.360 bits per heavy atom. The van der Waals surface area contributed by atoms with Crippen molar-refractivity contribution in [2.45, 2.75) is 13.8 Å². The van der Waals surface area contributed by atoms with Crippen LogP contribution in [0.4, 0.5) is 0 Å².